The van der Waals surface area contributed by atoms with Crippen LogP contribution in [0.4, 0.5) is 0 Å². The minimum absolute atomic E-state index is 0.268. The molecule has 0 bridgehead atoms. The van der Waals surface area contributed by atoms with Gasteiger partial charge in [0.15, 0.2) is 0 Å². The van der Waals surface area contributed by atoms with E-state index in [1.54, 1.807) is 0 Å². The molecule has 0 amide bonds. The number of aryl methyl sites for hydroxylation is 1. The first kappa shape index (κ1) is 21.8. The molecule has 2 atom stereocenters. The average molecular weight is 474 g/mol. The minimum atomic E-state index is 0.268. The van der Waals surface area contributed by atoms with Gasteiger partial charge in [-0.1, -0.05) is 109 Å². The van der Waals surface area contributed by atoms with Crippen LogP contribution in [0.3, 0.4) is 0 Å². The monoisotopic (exact) mass is 473 g/mol. The van der Waals surface area contributed by atoms with Gasteiger partial charge in [-0.2, -0.15) is 0 Å². The fourth-order valence-corrected chi connectivity index (χ4v) is 6.16. The Kier molecular flexibility index (Phi) is 5.22. The van der Waals surface area contributed by atoms with E-state index in [2.05, 4.69) is 133 Å². The molecule has 2 aliphatic rings. The Hall–Kier alpha value is -4.49. The van der Waals surface area contributed by atoms with E-state index in [1.807, 2.05) is 12.4 Å². The minimum Gasteiger partial charge on any atom is -0.264 e. The van der Waals surface area contributed by atoms with Crippen LogP contribution in [0.5, 0.6) is 0 Å². The topological polar surface area (TPSA) is 12.9 Å². The van der Waals surface area contributed by atoms with Crippen molar-refractivity contribution in [3.8, 4) is 11.1 Å². The molecule has 1 heterocycles. The van der Waals surface area contributed by atoms with Gasteiger partial charge in [0, 0.05) is 24.2 Å². The highest BCUT2D eigenvalue weighted by Gasteiger charge is 2.35. The lowest BCUT2D eigenvalue weighted by Crippen LogP contribution is -2.22. The molecule has 1 heteroatoms. The summed E-state index contributed by atoms with van der Waals surface area (Å²) in [6, 6.07) is 35.8. The molecule has 0 saturated heterocycles. The zero-order valence-electron chi connectivity index (χ0n) is 20.8. The molecule has 4 aromatic carbocycles. The summed E-state index contributed by atoms with van der Waals surface area (Å²) in [6.45, 7) is 2.12. The van der Waals surface area contributed by atoms with E-state index in [-0.39, 0.29) is 11.8 Å². The molecule has 5 aromatic rings. The number of pyridine rings is 1. The third-order valence-electron chi connectivity index (χ3n) is 7.92. The van der Waals surface area contributed by atoms with Gasteiger partial charge in [0.1, 0.15) is 0 Å². The standard InChI is InChI=1S/C36H27N/c1-24-23-37-21-20-30(24)26-15-17-27(18-16-26)35-31-10-4-6-12-33(31)36(34-13-7-5-11-32(34)35)29-19-14-25-8-2-3-9-28(25)22-29/h2-23,31,35H,1H3. The summed E-state index contributed by atoms with van der Waals surface area (Å²) in [4.78, 5) is 4.26. The number of rotatable bonds is 3. The van der Waals surface area contributed by atoms with Gasteiger partial charge in [0.05, 0.1) is 0 Å². The molecular formula is C36H27N. The second-order valence-corrected chi connectivity index (χ2v) is 10.0. The van der Waals surface area contributed by atoms with Crippen molar-refractivity contribution in [1.82, 2.24) is 4.98 Å². The Morgan fingerprint density at radius 3 is 2.32 bits per heavy atom. The molecule has 0 N–H and O–H groups in total. The summed E-state index contributed by atoms with van der Waals surface area (Å²) in [5, 5.41) is 2.56. The van der Waals surface area contributed by atoms with Crippen LogP contribution < -0.4 is 0 Å². The number of allylic oxidation sites excluding steroid dienone is 5. The molecule has 2 unspecified atom stereocenters. The second-order valence-electron chi connectivity index (χ2n) is 10.0. The zero-order valence-corrected chi connectivity index (χ0v) is 20.8. The summed E-state index contributed by atoms with van der Waals surface area (Å²) >= 11 is 0. The Morgan fingerprint density at radius 1 is 0.676 bits per heavy atom. The SMILES string of the molecule is Cc1cnccc1-c1ccc(C2c3ccccc3C(c3ccc4ccccc4c3)=C3C=CC=CC32)cc1. The normalized spacial score (nSPS) is 18.1. The fourth-order valence-electron chi connectivity index (χ4n) is 6.16. The van der Waals surface area contributed by atoms with Gasteiger partial charge < -0.3 is 0 Å². The van der Waals surface area contributed by atoms with E-state index in [1.165, 1.54) is 60.9 Å². The Morgan fingerprint density at radius 2 is 1.46 bits per heavy atom. The maximum atomic E-state index is 4.26. The molecule has 0 spiro atoms. The maximum absolute atomic E-state index is 4.26. The van der Waals surface area contributed by atoms with Gasteiger partial charge in [-0.15, -0.1) is 0 Å². The summed E-state index contributed by atoms with van der Waals surface area (Å²) in [5.74, 6) is 0.555. The lowest BCUT2D eigenvalue weighted by Gasteiger charge is -2.37. The molecule has 37 heavy (non-hydrogen) atoms. The number of hydrogen-bond acceptors (Lipinski definition) is 1. The van der Waals surface area contributed by atoms with Crippen LogP contribution in [0, 0.1) is 12.8 Å². The smallest absolute Gasteiger partial charge is 0.0303 e. The number of fused-ring (bicyclic) bond motifs is 3. The van der Waals surface area contributed by atoms with Gasteiger partial charge in [0.2, 0.25) is 0 Å². The highest BCUT2D eigenvalue weighted by molar-refractivity contribution is 5.93. The van der Waals surface area contributed by atoms with Crippen LogP contribution in [0.25, 0.3) is 27.5 Å². The van der Waals surface area contributed by atoms with Gasteiger partial charge >= 0.3 is 0 Å². The quantitative estimate of drug-likeness (QED) is 0.255. The van der Waals surface area contributed by atoms with Gasteiger partial charge in [-0.05, 0) is 79.9 Å². The molecule has 0 radical (unpaired) electrons. The molecule has 176 valence electrons. The zero-order chi connectivity index (χ0) is 24.8. The highest BCUT2D eigenvalue weighted by atomic mass is 14.6. The van der Waals surface area contributed by atoms with Crippen LogP contribution in [-0.4, -0.2) is 4.98 Å². The predicted molar refractivity (Wildman–Crippen MR) is 154 cm³/mol. The van der Waals surface area contributed by atoms with Crippen molar-refractivity contribution in [2.75, 3.05) is 0 Å². The lowest BCUT2D eigenvalue weighted by molar-refractivity contribution is 0.649. The molecule has 7 rings (SSSR count). The third kappa shape index (κ3) is 3.67. The first-order chi connectivity index (χ1) is 18.3. The van der Waals surface area contributed by atoms with Crippen molar-refractivity contribution in [3.63, 3.8) is 0 Å². The predicted octanol–water partition coefficient (Wildman–Crippen LogP) is 8.90. The van der Waals surface area contributed by atoms with Crippen LogP contribution in [-0.2, 0) is 0 Å². The molecule has 0 saturated carbocycles. The van der Waals surface area contributed by atoms with Crippen LogP contribution in [0.1, 0.15) is 33.7 Å². The van der Waals surface area contributed by atoms with Crippen molar-refractivity contribution >= 4 is 16.3 Å². The van der Waals surface area contributed by atoms with E-state index < -0.39 is 0 Å². The Bertz CT molecular complexity index is 1730. The second kappa shape index (κ2) is 8.87. The van der Waals surface area contributed by atoms with Crippen molar-refractivity contribution in [1.29, 1.82) is 0 Å². The van der Waals surface area contributed by atoms with E-state index in [0.29, 0.717) is 0 Å². The summed E-state index contributed by atoms with van der Waals surface area (Å²) in [5.41, 5.74) is 11.8. The van der Waals surface area contributed by atoms with Crippen molar-refractivity contribution in [2.45, 2.75) is 12.8 Å². The molecule has 0 aliphatic heterocycles. The van der Waals surface area contributed by atoms with Crippen molar-refractivity contribution in [2.24, 2.45) is 5.92 Å². The molecule has 1 nitrogen and oxygen atoms in total. The maximum Gasteiger partial charge on any atom is 0.0303 e. The van der Waals surface area contributed by atoms with Crippen molar-refractivity contribution < 1.29 is 0 Å². The van der Waals surface area contributed by atoms with E-state index in [4.69, 9.17) is 0 Å². The third-order valence-corrected chi connectivity index (χ3v) is 7.92. The average Bonchev–Trinajstić information content (AvgIpc) is 2.96. The van der Waals surface area contributed by atoms with Gasteiger partial charge in [0.25, 0.3) is 0 Å². The lowest BCUT2D eigenvalue weighted by atomic mass is 9.66. The molecule has 0 fully saturated rings. The van der Waals surface area contributed by atoms with Gasteiger partial charge in [-0.25, -0.2) is 0 Å². The number of aromatic nitrogens is 1. The number of nitrogens with zero attached hydrogens (tertiary/aromatic N) is 1. The van der Waals surface area contributed by atoms with Crippen LogP contribution >= 0.6 is 0 Å². The van der Waals surface area contributed by atoms with Crippen LogP contribution in [0.2, 0.25) is 0 Å². The van der Waals surface area contributed by atoms with E-state index in [0.717, 1.165) is 0 Å². The number of benzene rings is 4. The Labute approximate surface area is 218 Å². The molecule has 2 aliphatic carbocycles. The first-order valence-corrected chi connectivity index (χ1v) is 13.0. The summed E-state index contributed by atoms with van der Waals surface area (Å²) < 4.78 is 0. The first-order valence-electron chi connectivity index (χ1n) is 13.0. The van der Waals surface area contributed by atoms with Crippen molar-refractivity contribution in [3.05, 3.63) is 167 Å². The number of hydrogen-bond donors (Lipinski definition) is 0. The highest BCUT2D eigenvalue weighted by Crippen LogP contribution is 2.50. The molecular weight excluding hydrogens is 446 g/mol. The van der Waals surface area contributed by atoms with Crippen LogP contribution in [0.15, 0.2) is 139 Å². The van der Waals surface area contributed by atoms with Gasteiger partial charge in [-0.3, -0.25) is 4.98 Å². The van der Waals surface area contributed by atoms with E-state index in [9.17, 15) is 0 Å². The largest absolute Gasteiger partial charge is 0.264 e. The summed E-state index contributed by atoms with van der Waals surface area (Å²) in [6.07, 6.45) is 12.9. The fraction of sp³-hybridized carbons (Fsp3) is 0.0833. The summed E-state index contributed by atoms with van der Waals surface area (Å²) in [7, 11) is 0. The van der Waals surface area contributed by atoms with E-state index >= 15 is 0 Å². The Balaban J connectivity index is 1.39. The molecule has 1 aromatic heterocycles.